The van der Waals surface area contributed by atoms with Gasteiger partial charge in [0, 0.05) is 17.8 Å². The molecule has 1 aliphatic carbocycles. The van der Waals surface area contributed by atoms with Crippen LogP contribution in [-0.2, 0) is 30.6 Å². The minimum Gasteiger partial charge on any atom is -0.316 e. The number of nitriles is 1. The van der Waals surface area contributed by atoms with Crippen molar-refractivity contribution >= 4 is 34.0 Å². The molecule has 1 unspecified atom stereocenters. The van der Waals surface area contributed by atoms with Crippen LogP contribution in [0.1, 0.15) is 62.4 Å². The number of allylic oxidation sites excluding steroid dienone is 1. The molecular weight excluding hydrogens is 426 g/mol. The first-order valence-electron chi connectivity index (χ1n) is 10.8. The molecule has 0 spiro atoms. The summed E-state index contributed by atoms with van der Waals surface area (Å²) in [5.41, 5.74) is 2.07. The Morgan fingerprint density at radius 2 is 2.23 bits per heavy atom. The highest BCUT2D eigenvalue weighted by molar-refractivity contribution is 7.99. The number of thioether (sulfide) groups is 1. The zero-order chi connectivity index (χ0) is 22.6. The van der Waals surface area contributed by atoms with E-state index in [1.54, 1.807) is 17.4 Å². The van der Waals surface area contributed by atoms with Gasteiger partial charge in [-0.1, -0.05) is 52.0 Å². The molecule has 0 fully saturated rings. The number of aromatic nitrogens is 3. The summed E-state index contributed by atoms with van der Waals surface area (Å²) in [6.45, 7) is 13.3. The van der Waals surface area contributed by atoms with Crippen molar-refractivity contribution in [2.75, 3.05) is 11.1 Å². The lowest BCUT2D eigenvalue weighted by atomic mass is 9.69. The third-order valence-electron chi connectivity index (χ3n) is 6.40. The maximum atomic E-state index is 12.7. The molecule has 2 aromatic heterocycles. The van der Waals surface area contributed by atoms with E-state index in [1.165, 1.54) is 16.6 Å². The van der Waals surface area contributed by atoms with Crippen LogP contribution in [0, 0.1) is 22.7 Å². The van der Waals surface area contributed by atoms with Crippen LogP contribution >= 0.6 is 23.1 Å². The molecule has 1 atom stereocenters. The minimum absolute atomic E-state index is 0.128. The van der Waals surface area contributed by atoms with Crippen LogP contribution in [0.25, 0.3) is 0 Å². The van der Waals surface area contributed by atoms with E-state index in [4.69, 9.17) is 0 Å². The van der Waals surface area contributed by atoms with E-state index in [9.17, 15) is 10.1 Å². The monoisotopic (exact) mass is 457 g/mol. The van der Waals surface area contributed by atoms with Crippen molar-refractivity contribution in [2.24, 2.45) is 11.3 Å². The molecule has 6 nitrogen and oxygen atoms in total. The molecule has 2 heterocycles. The van der Waals surface area contributed by atoms with Crippen molar-refractivity contribution in [3.05, 3.63) is 34.5 Å². The lowest BCUT2D eigenvalue weighted by Gasteiger charge is -2.36. The molecule has 0 aliphatic heterocycles. The number of carbonyl (C=O) groups excluding carboxylic acids is 1. The SMILES string of the molecule is C=CCn1c(CC)nnc1SCC(=O)Nc1sc2c(c1C#N)CCC(C(C)(C)CC)C2. The van der Waals surface area contributed by atoms with Gasteiger partial charge >= 0.3 is 0 Å². The van der Waals surface area contributed by atoms with Crippen LogP contribution < -0.4 is 5.32 Å². The average Bonchev–Trinajstić information content (AvgIpc) is 3.31. The van der Waals surface area contributed by atoms with Crippen molar-refractivity contribution in [3.8, 4) is 6.07 Å². The molecule has 1 aliphatic rings. The molecule has 2 aromatic rings. The van der Waals surface area contributed by atoms with E-state index in [2.05, 4.69) is 48.9 Å². The van der Waals surface area contributed by atoms with Crippen LogP contribution in [0.2, 0.25) is 0 Å². The van der Waals surface area contributed by atoms with E-state index in [0.717, 1.165) is 43.5 Å². The fourth-order valence-corrected chi connectivity index (χ4v) is 6.10. The molecule has 8 heteroatoms. The van der Waals surface area contributed by atoms with Crippen LogP contribution in [0.5, 0.6) is 0 Å². The number of aryl methyl sites for hydroxylation is 1. The third-order valence-corrected chi connectivity index (χ3v) is 8.54. The van der Waals surface area contributed by atoms with Gasteiger partial charge in [-0.25, -0.2) is 0 Å². The van der Waals surface area contributed by atoms with Gasteiger partial charge in [-0.05, 0) is 36.2 Å². The molecule has 0 saturated carbocycles. The summed E-state index contributed by atoms with van der Waals surface area (Å²) in [6, 6.07) is 2.34. The van der Waals surface area contributed by atoms with Gasteiger partial charge in [0.05, 0.1) is 11.3 Å². The number of nitrogens with zero attached hydrogens (tertiary/aromatic N) is 4. The number of hydrogen-bond donors (Lipinski definition) is 1. The van der Waals surface area contributed by atoms with Crippen LogP contribution in [0.4, 0.5) is 5.00 Å². The number of thiophene rings is 1. The smallest absolute Gasteiger partial charge is 0.235 e. The largest absolute Gasteiger partial charge is 0.316 e. The van der Waals surface area contributed by atoms with Crippen LogP contribution in [0.15, 0.2) is 17.8 Å². The number of rotatable bonds is 9. The molecule has 1 amide bonds. The maximum Gasteiger partial charge on any atom is 0.235 e. The Bertz CT molecular complexity index is 999. The highest BCUT2D eigenvalue weighted by atomic mass is 32.2. The quantitative estimate of drug-likeness (QED) is 0.412. The minimum atomic E-state index is -0.128. The van der Waals surface area contributed by atoms with Gasteiger partial charge in [0.2, 0.25) is 5.91 Å². The summed E-state index contributed by atoms with van der Waals surface area (Å²) in [5, 5.41) is 22.5. The standard InChI is InChI=1S/C23H31N5OS2/c1-6-11-28-19(7-2)26-27-22(28)30-14-20(29)25-21-17(13-24)16-10-9-15(12-18(16)31-21)23(4,5)8-3/h6,15H,1,7-12,14H2,2-5H3,(H,25,29). The number of anilines is 1. The van der Waals surface area contributed by atoms with Crippen molar-refractivity contribution in [3.63, 3.8) is 0 Å². The van der Waals surface area contributed by atoms with Gasteiger partial charge in [-0.15, -0.1) is 28.1 Å². The Hall–Kier alpha value is -2.11. The molecule has 0 saturated heterocycles. The third kappa shape index (κ3) is 5.04. The van der Waals surface area contributed by atoms with Gasteiger partial charge in [-0.3, -0.25) is 4.79 Å². The molecule has 1 N–H and O–H groups in total. The van der Waals surface area contributed by atoms with Gasteiger partial charge in [0.15, 0.2) is 5.16 Å². The van der Waals surface area contributed by atoms with E-state index in [0.29, 0.717) is 28.2 Å². The highest BCUT2D eigenvalue weighted by Gasteiger charge is 2.34. The van der Waals surface area contributed by atoms with Gasteiger partial charge in [-0.2, -0.15) is 5.26 Å². The number of fused-ring (bicyclic) bond motifs is 1. The van der Waals surface area contributed by atoms with Crippen molar-refractivity contribution in [1.29, 1.82) is 5.26 Å². The van der Waals surface area contributed by atoms with E-state index in [1.807, 2.05) is 11.5 Å². The highest BCUT2D eigenvalue weighted by Crippen LogP contribution is 2.45. The zero-order valence-electron chi connectivity index (χ0n) is 18.8. The average molecular weight is 458 g/mol. The normalized spacial score (nSPS) is 15.9. The Kier molecular flexibility index (Phi) is 7.60. The van der Waals surface area contributed by atoms with Crippen LogP contribution in [-0.4, -0.2) is 26.4 Å². The lowest BCUT2D eigenvalue weighted by Crippen LogP contribution is -2.28. The number of carbonyl (C=O) groups is 1. The number of amides is 1. The van der Waals surface area contributed by atoms with Crippen molar-refractivity contribution in [2.45, 2.75) is 71.5 Å². The summed E-state index contributed by atoms with van der Waals surface area (Å²) < 4.78 is 1.98. The molecule has 166 valence electrons. The molecule has 31 heavy (non-hydrogen) atoms. The van der Waals surface area contributed by atoms with Crippen LogP contribution in [0.3, 0.4) is 0 Å². The Morgan fingerprint density at radius 1 is 1.45 bits per heavy atom. The fraction of sp³-hybridized carbons (Fsp3) is 0.565. The topological polar surface area (TPSA) is 83.6 Å². The lowest BCUT2D eigenvalue weighted by molar-refractivity contribution is -0.113. The Balaban J connectivity index is 1.70. The maximum absolute atomic E-state index is 12.7. The van der Waals surface area contributed by atoms with Gasteiger partial charge < -0.3 is 9.88 Å². The zero-order valence-corrected chi connectivity index (χ0v) is 20.5. The first-order chi connectivity index (χ1) is 14.8. The Labute approximate surface area is 193 Å². The van der Waals surface area contributed by atoms with Gasteiger partial charge in [0.25, 0.3) is 0 Å². The van der Waals surface area contributed by atoms with E-state index < -0.39 is 0 Å². The summed E-state index contributed by atoms with van der Waals surface area (Å²) in [7, 11) is 0. The summed E-state index contributed by atoms with van der Waals surface area (Å²) in [6.07, 6.45) is 6.72. The molecule has 0 bridgehead atoms. The first kappa shape index (κ1) is 23.6. The van der Waals surface area contributed by atoms with E-state index in [-0.39, 0.29) is 17.1 Å². The molecular formula is C23H31N5OS2. The van der Waals surface area contributed by atoms with Crippen molar-refractivity contribution in [1.82, 2.24) is 14.8 Å². The molecule has 3 rings (SSSR count). The molecule has 0 radical (unpaired) electrons. The summed E-state index contributed by atoms with van der Waals surface area (Å²) in [4.78, 5) is 13.9. The van der Waals surface area contributed by atoms with Gasteiger partial charge in [0.1, 0.15) is 16.9 Å². The first-order valence-corrected chi connectivity index (χ1v) is 12.6. The predicted octanol–water partition coefficient (Wildman–Crippen LogP) is 5.23. The summed E-state index contributed by atoms with van der Waals surface area (Å²) >= 11 is 2.93. The second kappa shape index (κ2) is 10.0. The number of nitrogens with one attached hydrogen (secondary N) is 1. The second-order valence-corrected chi connectivity index (χ2v) is 10.6. The molecule has 0 aromatic carbocycles. The second-order valence-electron chi connectivity index (χ2n) is 8.59. The Morgan fingerprint density at radius 3 is 2.87 bits per heavy atom. The predicted molar refractivity (Wildman–Crippen MR) is 128 cm³/mol. The van der Waals surface area contributed by atoms with Crippen molar-refractivity contribution < 1.29 is 4.79 Å². The summed E-state index contributed by atoms with van der Waals surface area (Å²) in [5.74, 6) is 1.58. The van der Waals surface area contributed by atoms with E-state index >= 15 is 0 Å². The number of hydrogen-bond acceptors (Lipinski definition) is 6. The fourth-order valence-electron chi connectivity index (χ4n) is 4.04.